The van der Waals surface area contributed by atoms with E-state index in [2.05, 4.69) is 14.7 Å². The summed E-state index contributed by atoms with van der Waals surface area (Å²) in [5, 5.41) is 0. The molecule has 0 aromatic carbocycles. The Bertz CT molecular complexity index is 318. The number of aldehydes is 1. The number of carbonyl (C=O) groups is 1. The Morgan fingerprint density at radius 2 is 2.45 bits per heavy atom. The summed E-state index contributed by atoms with van der Waals surface area (Å²) < 4.78 is 4.61. The molecule has 58 valence electrons. The summed E-state index contributed by atoms with van der Waals surface area (Å²) in [6.07, 6.45) is 1.59. The SMILES string of the molecule is COc1ncc(C=O)c(=O)[nH]1. The highest BCUT2D eigenvalue weighted by Gasteiger charge is 1.99. The van der Waals surface area contributed by atoms with Crippen molar-refractivity contribution < 1.29 is 9.53 Å². The first-order valence-electron chi connectivity index (χ1n) is 2.86. The van der Waals surface area contributed by atoms with E-state index in [0.717, 1.165) is 6.20 Å². The molecule has 1 heterocycles. The summed E-state index contributed by atoms with van der Waals surface area (Å²) in [6.45, 7) is 0. The van der Waals surface area contributed by atoms with E-state index in [0.29, 0.717) is 6.29 Å². The van der Waals surface area contributed by atoms with Crippen molar-refractivity contribution in [1.82, 2.24) is 9.97 Å². The molecule has 0 bridgehead atoms. The molecule has 1 N–H and O–H groups in total. The fraction of sp³-hybridized carbons (Fsp3) is 0.167. The highest BCUT2D eigenvalue weighted by molar-refractivity contribution is 5.73. The number of H-pyrrole nitrogens is 1. The molecule has 0 aliphatic rings. The van der Waals surface area contributed by atoms with E-state index in [4.69, 9.17) is 0 Å². The molecule has 0 saturated heterocycles. The number of methoxy groups -OCH3 is 1. The van der Waals surface area contributed by atoms with Crippen molar-refractivity contribution >= 4 is 6.29 Å². The van der Waals surface area contributed by atoms with Crippen LogP contribution in [-0.2, 0) is 0 Å². The van der Waals surface area contributed by atoms with Crippen molar-refractivity contribution in [1.29, 1.82) is 0 Å². The van der Waals surface area contributed by atoms with Crippen molar-refractivity contribution in [3.63, 3.8) is 0 Å². The Balaban J connectivity index is 3.20. The van der Waals surface area contributed by atoms with Gasteiger partial charge in [0.05, 0.1) is 12.7 Å². The van der Waals surface area contributed by atoms with E-state index in [9.17, 15) is 9.59 Å². The monoisotopic (exact) mass is 154 g/mol. The maximum absolute atomic E-state index is 10.8. The maximum atomic E-state index is 10.8. The zero-order valence-corrected chi connectivity index (χ0v) is 5.83. The molecule has 1 aromatic rings. The van der Waals surface area contributed by atoms with Crippen LogP contribution in [0.25, 0.3) is 0 Å². The van der Waals surface area contributed by atoms with Gasteiger partial charge in [-0.3, -0.25) is 14.6 Å². The highest BCUT2D eigenvalue weighted by Crippen LogP contribution is 1.93. The summed E-state index contributed by atoms with van der Waals surface area (Å²) in [5.41, 5.74) is -0.502. The molecular weight excluding hydrogens is 148 g/mol. The summed E-state index contributed by atoms with van der Waals surface area (Å²) in [6, 6.07) is 0.0978. The zero-order chi connectivity index (χ0) is 8.27. The van der Waals surface area contributed by atoms with E-state index in [-0.39, 0.29) is 11.6 Å². The van der Waals surface area contributed by atoms with E-state index in [1.807, 2.05) is 0 Å². The molecule has 0 saturated carbocycles. The minimum absolute atomic E-state index is 0.00852. The number of aromatic amines is 1. The molecule has 0 spiro atoms. The predicted molar refractivity (Wildman–Crippen MR) is 36.8 cm³/mol. The van der Waals surface area contributed by atoms with Crippen LogP contribution in [0.1, 0.15) is 10.4 Å². The van der Waals surface area contributed by atoms with E-state index in [1.165, 1.54) is 7.11 Å². The molecule has 1 aromatic heterocycles. The van der Waals surface area contributed by atoms with E-state index in [1.54, 1.807) is 0 Å². The summed E-state index contributed by atoms with van der Waals surface area (Å²) in [7, 11) is 1.37. The third-order valence-electron chi connectivity index (χ3n) is 1.12. The van der Waals surface area contributed by atoms with Crippen molar-refractivity contribution in [3.8, 4) is 6.01 Å². The van der Waals surface area contributed by atoms with Gasteiger partial charge in [-0.25, -0.2) is 4.98 Å². The van der Waals surface area contributed by atoms with Crippen LogP contribution in [-0.4, -0.2) is 23.4 Å². The van der Waals surface area contributed by atoms with Gasteiger partial charge in [0.2, 0.25) is 0 Å². The van der Waals surface area contributed by atoms with Gasteiger partial charge < -0.3 is 4.74 Å². The van der Waals surface area contributed by atoms with Crippen molar-refractivity contribution in [2.75, 3.05) is 7.11 Å². The number of hydrogen-bond donors (Lipinski definition) is 1. The van der Waals surface area contributed by atoms with Gasteiger partial charge in [-0.1, -0.05) is 0 Å². The lowest BCUT2D eigenvalue weighted by Crippen LogP contribution is -2.13. The van der Waals surface area contributed by atoms with Gasteiger partial charge >= 0.3 is 0 Å². The second-order valence-electron chi connectivity index (χ2n) is 1.79. The molecule has 0 amide bonds. The fourth-order valence-corrected chi connectivity index (χ4v) is 0.576. The van der Waals surface area contributed by atoms with Gasteiger partial charge in [0.15, 0.2) is 6.29 Å². The molecule has 5 nitrogen and oxygen atoms in total. The first-order valence-corrected chi connectivity index (χ1v) is 2.86. The highest BCUT2D eigenvalue weighted by atomic mass is 16.5. The summed E-state index contributed by atoms with van der Waals surface area (Å²) in [5.74, 6) is 0. The van der Waals surface area contributed by atoms with Gasteiger partial charge in [0, 0.05) is 6.20 Å². The molecule has 5 heteroatoms. The van der Waals surface area contributed by atoms with Gasteiger partial charge in [-0.2, -0.15) is 0 Å². The number of hydrogen-bond acceptors (Lipinski definition) is 4. The Morgan fingerprint density at radius 1 is 1.73 bits per heavy atom. The molecule has 1 rings (SSSR count). The third-order valence-corrected chi connectivity index (χ3v) is 1.12. The fourth-order valence-electron chi connectivity index (χ4n) is 0.576. The number of nitrogens with zero attached hydrogens (tertiary/aromatic N) is 1. The van der Waals surface area contributed by atoms with Crippen molar-refractivity contribution in [2.45, 2.75) is 0 Å². The number of ether oxygens (including phenoxy) is 1. The van der Waals surface area contributed by atoms with Gasteiger partial charge in [-0.15, -0.1) is 0 Å². The Kier molecular flexibility index (Phi) is 2.00. The number of nitrogens with one attached hydrogen (secondary N) is 1. The minimum atomic E-state index is -0.494. The van der Waals surface area contributed by atoms with E-state index < -0.39 is 5.56 Å². The Hall–Kier alpha value is -1.65. The minimum Gasteiger partial charge on any atom is -0.468 e. The Labute approximate surface area is 62.0 Å². The molecule has 0 radical (unpaired) electrons. The molecule has 0 aliphatic carbocycles. The largest absolute Gasteiger partial charge is 0.468 e. The van der Waals surface area contributed by atoms with Crippen LogP contribution in [0.3, 0.4) is 0 Å². The lowest BCUT2D eigenvalue weighted by atomic mass is 10.4. The second kappa shape index (κ2) is 2.96. The van der Waals surface area contributed by atoms with Crippen LogP contribution >= 0.6 is 0 Å². The molecule has 0 fully saturated rings. The average Bonchev–Trinajstić information content (AvgIpc) is 2.04. The predicted octanol–water partition coefficient (Wildman–Crippen LogP) is -0.409. The van der Waals surface area contributed by atoms with Crippen molar-refractivity contribution in [3.05, 3.63) is 22.1 Å². The van der Waals surface area contributed by atoms with Crippen LogP contribution < -0.4 is 10.3 Å². The van der Waals surface area contributed by atoms with Crippen LogP contribution in [0.15, 0.2) is 11.0 Å². The topological polar surface area (TPSA) is 72.0 Å². The molecule has 0 aliphatic heterocycles. The number of rotatable bonds is 2. The maximum Gasteiger partial charge on any atom is 0.296 e. The molecule has 11 heavy (non-hydrogen) atoms. The van der Waals surface area contributed by atoms with Crippen LogP contribution in [0.2, 0.25) is 0 Å². The second-order valence-corrected chi connectivity index (χ2v) is 1.79. The van der Waals surface area contributed by atoms with Gasteiger partial charge in [0.1, 0.15) is 0 Å². The molecular formula is C6H6N2O3. The van der Waals surface area contributed by atoms with Crippen LogP contribution in [0.5, 0.6) is 6.01 Å². The summed E-state index contributed by atoms with van der Waals surface area (Å²) in [4.78, 5) is 26.8. The van der Waals surface area contributed by atoms with Gasteiger partial charge in [0.25, 0.3) is 11.6 Å². The number of aromatic nitrogens is 2. The summed E-state index contributed by atoms with van der Waals surface area (Å²) >= 11 is 0. The lowest BCUT2D eigenvalue weighted by molar-refractivity contribution is 0.112. The zero-order valence-electron chi connectivity index (χ0n) is 5.83. The van der Waals surface area contributed by atoms with Crippen molar-refractivity contribution in [2.24, 2.45) is 0 Å². The average molecular weight is 154 g/mol. The third kappa shape index (κ3) is 1.43. The van der Waals surface area contributed by atoms with Crippen LogP contribution in [0, 0.1) is 0 Å². The quantitative estimate of drug-likeness (QED) is 0.588. The molecule has 0 unspecified atom stereocenters. The number of carbonyl (C=O) groups excluding carboxylic acids is 1. The lowest BCUT2D eigenvalue weighted by Gasteiger charge is -1.95. The smallest absolute Gasteiger partial charge is 0.296 e. The molecule has 0 atom stereocenters. The Morgan fingerprint density at radius 3 is 2.91 bits per heavy atom. The van der Waals surface area contributed by atoms with Gasteiger partial charge in [-0.05, 0) is 0 Å². The first-order chi connectivity index (χ1) is 5.27. The standard InChI is InChI=1S/C6H6N2O3/c1-11-6-7-2-4(3-9)5(10)8-6/h2-3H,1H3,(H,7,8,10). The first kappa shape index (κ1) is 7.46. The van der Waals surface area contributed by atoms with E-state index >= 15 is 0 Å². The normalized spacial score (nSPS) is 9.18. The van der Waals surface area contributed by atoms with Crippen LogP contribution in [0.4, 0.5) is 0 Å².